The van der Waals surface area contributed by atoms with Gasteiger partial charge in [0.2, 0.25) is 0 Å². The molecule has 21 heavy (non-hydrogen) atoms. The Bertz CT molecular complexity index is 493. The third-order valence-corrected chi connectivity index (χ3v) is 4.43. The Kier molecular flexibility index (Phi) is 3.99. The fourth-order valence-electron chi connectivity index (χ4n) is 2.83. The summed E-state index contributed by atoms with van der Waals surface area (Å²) in [6, 6.07) is 7.38. The van der Waals surface area contributed by atoms with Crippen molar-refractivity contribution in [2.75, 3.05) is 25.0 Å². The van der Waals surface area contributed by atoms with E-state index in [0.29, 0.717) is 12.1 Å². The van der Waals surface area contributed by atoms with Crippen LogP contribution < -0.4 is 10.2 Å². The minimum atomic E-state index is -0.204. The van der Waals surface area contributed by atoms with E-state index in [1.165, 1.54) is 12.1 Å². The molecule has 0 bridgehead atoms. The number of hydrogen-bond acceptors (Lipinski definition) is 2. The number of piperidine rings is 1. The molecule has 0 atom stereocenters. The molecular formula is C16H22FN3O. The smallest absolute Gasteiger partial charge is 0.317 e. The number of halogens is 1. The summed E-state index contributed by atoms with van der Waals surface area (Å²) in [6.07, 6.45) is 4.13. The van der Waals surface area contributed by atoms with Gasteiger partial charge in [-0.1, -0.05) is 0 Å². The standard InChI is InChI=1S/C16H22FN3O/c1-19(16(21)18-13-4-5-13)14-8-10-20(11-9-14)15-6-2-12(17)3-7-15/h2-3,6-7,13-14H,4-5,8-11H2,1H3,(H,18,21). The van der Waals surface area contributed by atoms with Crippen LogP contribution in [-0.2, 0) is 0 Å². The molecule has 1 heterocycles. The maximum Gasteiger partial charge on any atom is 0.317 e. The lowest BCUT2D eigenvalue weighted by Crippen LogP contribution is -2.49. The third-order valence-electron chi connectivity index (χ3n) is 4.43. The molecule has 5 heteroatoms. The third kappa shape index (κ3) is 3.46. The Morgan fingerprint density at radius 1 is 1.19 bits per heavy atom. The first-order valence-electron chi connectivity index (χ1n) is 7.67. The Hall–Kier alpha value is -1.78. The second-order valence-electron chi connectivity index (χ2n) is 6.03. The zero-order valence-corrected chi connectivity index (χ0v) is 12.4. The molecule has 0 unspecified atom stereocenters. The number of hydrogen-bond donors (Lipinski definition) is 1. The van der Waals surface area contributed by atoms with Crippen molar-refractivity contribution in [3.63, 3.8) is 0 Å². The second kappa shape index (κ2) is 5.92. The van der Waals surface area contributed by atoms with E-state index in [-0.39, 0.29) is 11.8 Å². The van der Waals surface area contributed by atoms with E-state index in [9.17, 15) is 9.18 Å². The molecule has 1 aliphatic heterocycles. The number of rotatable bonds is 3. The van der Waals surface area contributed by atoms with Crippen LogP contribution in [-0.4, -0.2) is 43.2 Å². The van der Waals surface area contributed by atoms with E-state index >= 15 is 0 Å². The fourth-order valence-corrected chi connectivity index (χ4v) is 2.83. The molecule has 2 aliphatic rings. The predicted octanol–water partition coefficient (Wildman–Crippen LogP) is 2.60. The zero-order chi connectivity index (χ0) is 14.8. The van der Waals surface area contributed by atoms with E-state index in [0.717, 1.165) is 44.5 Å². The van der Waals surface area contributed by atoms with E-state index in [4.69, 9.17) is 0 Å². The molecule has 0 radical (unpaired) electrons. The van der Waals surface area contributed by atoms with E-state index < -0.39 is 0 Å². The molecule has 3 rings (SSSR count). The second-order valence-corrected chi connectivity index (χ2v) is 6.03. The van der Waals surface area contributed by atoms with E-state index in [1.54, 1.807) is 0 Å². The maximum absolute atomic E-state index is 13.0. The summed E-state index contributed by atoms with van der Waals surface area (Å²) in [4.78, 5) is 16.1. The van der Waals surface area contributed by atoms with Gasteiger partial charge in [-0.05, 0) is 49.9 Å². The summed E-state index contributed by atoms with van der Waals surface area (Å²) in [5.41, 5.74) is 1.06. The molecular weight excluding hydrogens is 269 g/mol. The number of anilines is 1. The number of carbonyl (C=O) groups is 1. The van der Waals surface area contributed by atoms with Crippen LogP contribution >= 0.6 is 0 Å². The van der Waals surface area contributed by atoms with Gasteiger partial charge in [-0.15, -0.1) is 0 Å². The summed E-state index contributed by atoms with van der Waals surface area (Å²) >= 11 is 0. The van der Waals surface area contributed by atoms with Crippen LogP contribution in [0.5, 0.6) is 0 Å². The van der Waals surface area contributed by atoms with Crippen LogP contribution in [0.4, 0.5) is 14.9 Å². The lowest BCUT2D eigenvalue weighted by molar-refractivity contribution is 0.179. The summed E-state index contributed by atoms with van der Waals surface area (Å²) in [6.45, 7) is 1.80. The van der Waals surface area contributed by atoms with Crippen LogP contribution in [0.2, 0.25) is 0 Å². The van der Waals surface area contributed by atoms with Gasteiger partial charge < -0.3 is 15.1 Å². The Morgan fingerprint density at radius 3 is 2.38 bits per heavy atom. The first-order valence-corrected chi connectivity index (χ1v) is 7.67. The zero-order valence-electron chi connectivity index (χ0n) is 12.4. The van der Waals surface area contributed by atoms with Gasteiger partial charge in [-0.25, -0.2) is 9.18 Å². The van der Waals surface area contributed by atoms with Gasteiger partial charge in [-0.2, -0.15) is 0 Å². The average molecular weight is 291 g/mol. The van der Waals surface area contributed by atoms with Crippen molar-refractivity contribution in [3.8, 4) is 0 Å². The summed E-state index contributed by atoms with van der Waals surface area (Å²) in [5.74, 6) is -0.204. The molecule has 0 aromatic heterocycles. The summed E-state index contributed by atoms with van der Waals surface area (Å²) in [7, 11) is 1.88. The van der Waals surface area contributed by atoms with Crippen molar-refractivity contribution in [1.29, 1.82) is 0 Å². The molecule has 1 aromatic carbocycles. The number of urea groups is 1. The van der Waals surface area contributed by atoms with Gasteiger partial charge in [-0.3, -0.25) is 0 Å². The van der Waals surface area contributed by atoms with Crippen molar-refractivity contribution in [2.45, 2.75) is 37.8 Å². The van der Waals surface area contributed by atoms with Gasteiger partial charge in [0.25, 0.3) is 0 Å². The molecule has 1 aliphatic carbocycles. The van der Waals surface area contributed by atoms with Crippen molar-refractivity contribution in [1.82, 2.24) is 10.2 Å². The van der Waals surface area contributed by atoms with Gasteiger partial charge in [0.15, 0.2) is 0 Å². The van der Waals surface area contributed by atoms with Crippen molar-refractivity contribution in [3.05, 3.63) is 30.1 Å². The van der Waals surface area contributed by atoms with Crippen molar-refractivity contribution >= 4 is 11.7 Å². The molecule has 1 saturated heterocycles. The highest BCUT2D eigenvalue weighted by molar-refractivity contribution is 5.75. The summed E-state index contributed by atoms with van der Waals surface area (Å²) < 4.78 is 13.0. The number of nitrogens with one attached hydrogen (secondary N) is 1. The topological polar surface area (TPSA) is 35.6 Å². The van der Waals surface area contributed by atoms with Crippen LogP contribution in [0.3, 0.4) is 0 Å². The molecule has 2 amide bonds. The lowest BCUT2D eigenvalue weighted by Gasteiger charge is -2.37. The quantitative estimate of drug-likeness (QED) is 0.929. The van der Waals surface area contributed by atoms with Crippen LogP contribution in [0.15, 0.2) is 24.3 Å². The first-order chi connectivity index (χ1) is 10.1. The molecule has 1 saturated carbocycles. The van der Waals surface area contributed by atoms with Gasteiger partial charge >= 0.3 is 6.03 Å². The molecule has 0 spiro atoms. The monoisotopic (exact) mass is 291 g/mol. The lowest BCUT2D eigenvalue weighted by atomic mass is 10.0. The minimum absolute atomic E-state index is 0.0535. The molecule has 4 nitrogen and oxygen atoms in total. The van der Waals surface area contributed by atoms with Crippen LogP contribution in [0.1, 0.15) is 25.7 Å². The predicted molar refractivity (Wildman–Crippen MR) is 81.0 cm³/mol. The Morgan fingerprint density at radius 2 is 1.81 bits per heavy atom. The molecule has 1 aromatic rings. The number of carbonyl (C=O) groups excluding carboxylic acids is 1. The normalized spacial score (nSPS) is 19.4. The van der Waals surface area contributed by atoms with Gasteiger partial charge in [0.1, 0.15) is 5.82 Å². The summed E-state index contributed by atoms with van der Waals surface area (Å²) in [5, 5.41) is 3.03. The number of benzene rings is 1. The maximum atomic E-state index is 13.0. The molecule has 1 N–H and O–H groups in total. The van der Waals surface area contributed by atoms with Crippen LogP contribution in [0, 0.1) is 5.82 Å². The van der Waals surface area contributed by atoms with Gasteiger partial charge in [0, 0.05) is 37.9 Å². The molecule has 114 valence electrons. The van der Waals surface area contributed by atoms with E-state index in [2.05, 4.69) is 10.2 Å². The largest absolute Gasteiger partial charge is 0.371 e. The highest BCUT2D eigenvalue weighted by Gasteiger charge is 2.29. The Labute approximate surface area is 124 Å². The van der Waals surface area contributed by atoms with E-state index in [1.807, 2.05) is 24.1 Å². The minimum Gasteiger partial charge on any atom is -0.371 e. The first kappa shape index (κ1) is 14.2. The molecule has 2 fully saturated rings. The van der Waals surface area contributed by atoms with Crippen molar-refractivity contribution in [2.24, 2.45) is 0 Å². The average Bonchev–Trinajstić information content (AvgIpc) is 3.31. The Balaban J connectivity index is 1.52. The highest BCUT2D eigenvalue weighted by atomic mass is 19.1. The fraction of sp³-hybridized carbons (Fsp3) is 0.562. The SMILES string of the molecule is CN(C(=O)NC1CC1)C1CCN(c2ccc(F)cc2)CC1. The number of nitrogens with zero attached hydrogens (tertiary/aromatic N) is 2. The van der Waals surface area contributed by atoms with Crippen molar-refractivity contribution < 1.29 is 9.18 Å². The number of amides is 2. The van der Waals surface area contributed by atoms with Gasteiger partial charge in [0.05, 0.1) is 0 Å². The van der Waals surface area contributed by atoms with Crippen LogP contribution in [0.25, 0.3) is 0 Å². The highest BCUT2D eigenvalue weighted by Crippen LogP contribution is 2.23.